The average molecular weight is 487 g/mol. The van der Waals surface area contributed by atoms with Crippen molar-refractivity contribution in [2.75, 3.05) is 11.9 Å². The number of para-hydroxylation sites is 1. The lowest BCUT2D eigenvalue weighted by atomic mass is 10.1. The molecule has 184 valence electrons. The van der Waals surface area contributed by atoms with E-state index in [9.17, 15) is 19.2 Å². The van der Waals surface area contributed by atoms with Crippen LogP contribution in [0.1, 0.15) is 40.1 Å². The molecule has 0 spiro atoms. The molecule has 0 aliphatic heterocycles. The quantitative estimate of drug-likeness (QED) is 0.265. The summed E-state index contributed by atoms with van der Waals surface area (Å²) in [7, 11) is 0. The molecule has 0 aliphatic carbocycles. The van der Waals surface area contributed by atoms with Crippen molar-refractivity contribution in [3.05, 3.63) is 107 Å². The van der Waals surface area contributed by atoms with Gasteiger partial charge in [0, 0.05) is 11.8 Å². The number of benzene rings is 3. The number of hydrogen-bond acceptors (Lipinski definition) is 6. The Morgan fingerprint density at radius 1 is 0.833 bits per heavy atom. The van der Waals surface area contributed by atoms with Crippen molar-refractivity contribution >= 4 is 29.4 Å². The molecule has 2 amide bonds. The maximum absolute atomic E-state index is 12.6. The Balaban J connectivity index is 1.57. The predicted octanol–water partition coefficient (Wildman–Crippen LogP) is 4.28. The molecule has 0 heterocycles. The second kappa shape index (κ2) is 12.7. The highest BCUT2D eigenvalue weighted by Gasteiger charge is 2.17. The van der Waals surface area contributed by atoms with Gasteiger partial charge in [-0.25, -0.2) is 4.79 Å². The van der Waals surface area contributed by atoms with E-state index in [1.807, 2.05) is 44.2 Å². The zero-order valence-electron chi connectivity index (χ0n) is 19.9. The van der Waals surface area contributed by atoms with Crippen LogP contribution in [0.4, 0.5) is 5.69 Å². The minimum atomic E-state index is -0.681. The smallest absolute Gasteiger partial charge is 0.343 e. The van der Waals surface area contributed by atoms with E-state index in [4.69, 9.17) is 9.47 Å². The van der Waals surface area contributed by atoms with Crippen LogP contribution in [0.2, 0.25) is 0 Å². The largest absolute Gasteiger partial charge is 0.460 e. The fraction of sp³-hybridized carbons (Fsp3) is 0.143. The number of rotatable bonds is 9. The Labute approximate surface area is 208 Å². The van der Waals surface area contributed by atoms with E-state index in [0.717, 1.165) is 11.1 Å². The van der Waals surface area contributed by atoms with Gasteiger partial charge in [-0.1, -0.05) is 48.0 Å². The lowest BCUT2D eigenvalue weighted by molar-refractivity contribution is -0.143. The Hall–Kier alpha value is -4.72. The molecule has 3 aromatic carbocycles. The molecular weight excluding hydrogens is 460 g/mol. The monoisotopic (exact) mass is 486 g/mol. The number of carbonyl (C=O) groups is 4. The summed E-state index contributed by atoms with van der Waals surface area (Å²) in [5, 5.41) is 5.17. The molecule has 8 nitrogen and oxygen atoms in total. The second-order valence-electron chi connectivity index (χ2n) is 8.00. The first kappa shape index (κ1) is 25.9. The highest BCUT2D eigenvalue weighted by molar-refractivity contribution is 6.01. The van der Waals surface area contributed by atoms with E-state index in [2.05, 4.69) is 10.6 Å². The van der Waals surface area contributed by atoms with Crippen LogP contribution in [-0.2, 0) is 20.9 Å². The first-order chi connectivity index (χ1) is 17.3. The van der Waals surface area contributed by atoms with Gasteiger partial charge in [0.25, 0.3) is 5.91 Å². The number of nitrogens with one attached hydrogen (secondary N) is 2. The van der Waals surface area contributed by atoms with Gasteiger partial charge in [-0.15, -0.1) is 0 Å². The van der Waals surface area contributed by atoms with Crippen molar-refractivity contribution in [3.63, 3.8) is 0 Å². The molecule has 0 bridgehead atoms. The van der Waals surface area contributed by atoms with Gasteiger partial charge in [0.05, 0.1) is 11.1 Å². The number of allylic oxidation sites excluding steroid dienone is 1. The average Bonchev–Trinajstić information content (AvgIpc) is 2.87. The molecule has 0 saturated heterocycles. The van der Waals surface area contributed by atoms with Gasteiger partial charge in [-0.3, -0.25) is 14.4 Å². The predicted molar refractivity (Wildman–Crippen MR) is 134 cm³/mol. The molecule has 3 aromatic rings. The highest BCUT2D eigenvalue weighted by atomic mass is 16.5. The third-order valence-corrected chi connectivity index (χ3v) is 4.78. The van der Waals surface area contributed by atoms with E-state index in [1.54, 1.807) is 24.3 Å². The molecule has 3 rings (SSSR count). The molecule has 36 heavy (non-hydrogen) atoms. The molecule has 0 saturated carbocycles. The fourth-order valence-corrected chi connectivity index (χ4v) is 3.07. The van der Waals surface area contributed by atoms with Crippen molar-refractivity contribution in [1.29, 1.82) is 0 Å². The summed E-state index contributed by atoms with van der Waals surface area (Å²) in [4.78, 5) is 49.1. The van der Waals surface area contributed by atoms with Crippen molar-refractivity contribution in [3.8, 4) is 5.75 Å². The molecule has 0 atom stereocenters. The molecule has 0 unspecified atom stereocenters. The van der Waals surface area contributed by atoms with Gasteiger partial charge in [-0.2, -0.15) is 0 Å². The van der Waals surface area contributed by atoms with Gasteiger partial charge in [-0.05, 0) is 55.8 Å². The number of amides is 2. The lowest BCUT2D eigenvalue weighted by Gasteiger charge is -2.11. The van der Waals surface area contributed by atoms with Gasteiger partial charge < -0.3 is 20.1 Å². The standard InChI is InChI=1S/C28H26N2O6/c1-19(2)16-25(31)30-22-14-12-21(13-15-22)28(34)36-24-11-7-6-10-23(24)27(33)29-17-26(32)35-18-20-8-4-3-5-9-20/h3-16H,17-18H2,1-2H3,(H,29,33)(H,30,31). The molecular formula is C28H26N2O6. The minimum Gasteiger partial charge on any atom is -0.460 e. The van der Waals surface area contributed by atoms with Gasteiger partial charge in [0.1, 0.15) is 18.9 Å². The molecule has 2 N–H and O–H groups in total. The van der Waals surface area contributed by atoms with Crippen LogP contribution in [-0.4, -0.2) is 30.3 Å². The Kier molecular flexibility index (Phi) is 9.11. The third-order valence-electron chi connectivity index (χ3n) is 4.78. The van der Waals surface area contributed by atoms with Crippen LogP contribution in [0.15, 0.2) is 90.5 Å². The summed E-state index contributed by atoms with van der Waals surface area (Å²) in [6, 6.07) is 21.5. The summed E-state index contributed by atoms with van der Waals surface area (Å²) in [5.41, 5.74) is 2.53. The van der Waals surface area contributed by atoms with Gasteiger partial charge in [0.15, 0.2) is 0 Å². The van der Waals surface area contributed by atoms with E-state index >= 15 is 0 Å². The zero-order valence-corrected chi connectivity index (χ0v) is 19.9. The number of ether oxygens (including phenoxy) is 2. The van der Waals surface area contributed by atoms with Crippen molar-refractivity contribution < 1.29 is 28.7 Å². The van der Waals surface area contributed by atoms with Crippen LogP contribution in [0.3, 0.4) is 0 Å². The second-order valence-corrected chi connectivity index (χ2v) is 8.00. The summed E-state index contributed by atoms with van der Waals surface area (Å²) in [6.07, 6.45) is 1.47. The van der Waals surface area contributed by atoms with Crippen molar-refractivity contribution in [1.82, 2.24) is 5.32 Å². The topological polar surface area (TPSA) is 111 Å². The van der Waals surface area contributed by atoms with Crippen LogP contribution >= 0.6 is 0 Å². The Bertz CT molecular complexity index is 1260. The summed E-state index contributed by atoms with van der Waals surface area (Å²) < 4.78 is 10.6. The SMILES string of the molecule is CC(C)=CC(=O)Nc1ccc(C(=O)Oc2ccccc2C(=O)NCC(=O)OCc2ccccc2)cc1. The summed E-state index contributed by atoms with van der Waals surface area (Å²) >= 11 is 0. The van der Waals surface area contributed by atoms with E-state index in [1.165, 1.54) is 30.3 Å². The van der Waals surface area contributed by atoms with Crippen LogP contribution in [0.5, 0.6) is 5.75 Å². The van der Waals surface area contributed by atoms with E-state index in [0.29, 0.717) is 5.69 Å². The Morgan fingerprint density at radius 2 is 1.50 bits per heavy atom. The number of carbonyl (C=O) groups excluding carboxylic acids is 4. The Morgan fingerprint density at radius 3 is 2.19 bits per heavy atom. The van der Waals surface area contributed by atoms with E-state index < -0.39 is 17.8 Å². The van der Waals surface area contributed by atoms with Crippen LogP contribution in [0.25, 0.3) is 0 Å². The maximum atomic E-state index is 12.6. The molecule has 0 fully saturated rings. The fourth-order valence-electron chi connectivity index (χ4n) is 3.07. The third kappa shape index (κ3) is 7.95. The molecule has 0 aromatic heterocycles. The normalized spacial score (nSPS) is 10.1. The number of esters is 2. The van der Waals surface area contributed by atoms with Gasteiger partial charge >= 0.3 is 11.9 Å². The van der Waals surface area contributed by atoms with Gasteiger partial charge in [0.2, 0.25) is 5.91 Å². The van der Waals surface area contributed by atoms with E-state index in [-0.39, 0.29) is 35.9 Å². The first-order valence-electron chi connectivity index (χ1n) is 11.2. The number of anilines is 1. The highest BCUT2D eigenvalue weighted by Crippen LogP contribution is 2.20. The summed E-state index contributed by atoms with van der Waals surface area (Å²) in [6.45, 7) is 3.39. The van der Waals surface area contributed by atoms with Crippen molar-refractivity contribution in [2.24, 2.45) is 0 Å². The lowest BCUT2D eigenvalue weighted by Crippen LogP contribution is -2.31. The molecule has 0 radical (unpaired) electrons. The maximum Gasteiger partial charge on any atom is 0.343 e. The number of hydrogen-bond donors (Lipinski definition) is 2. The zero-order chi connectivity index (χ0) is 25.9. The first-order valence-corrected chi connectivity index (χ1v) is 11.2. The van der Waals surface area contributed by atoms with Crippen molar-refractivity contribution in [2.45, 2.75) is 20.5 Å². The molecule has 0 aliphatic rings. The minimum absolute atomic E-state index is 0.0404. The molecule has 8 heteroatoms. The van der Waals surface area contributed by atoms with Crippen LogP contribution < -0.4 is 15.4 Å². The summed E-state index contributed by atoms with van der Waals surface area (Å²) in [5.74, 6) is -2.10. The van der Waals surface area contributed by atoms with Crippen LogP contribution in [0, 0.1) is 0 Å².